The molecule has 18 heavy (non-hydrogen) atoms. The summed E-state index contributed by atoms with van der Waals surface area (Å²) in [7, 11) is -2.01. The molecule has 0 fully saturated rings. The SMILES string of the molecule is CSCCCN(C)S(=O)(=O)c1cc(Cl)ccc1N. The van der Waals surface area contributed by atoms with E-state index in [-0.39, 0.29) is 10.6 Å². The summed E-state index contributed by atoms with van der Waals surface area (Å²) in [5.74, 6) is 0.922. The predicted molar refractivity (Wildman–Crippen MR) is 78.7 cm³/mol. The number of thioether (sulfide) groups is 1. The fourth-order valence-corrected chi connectivity index (χ4v) is 3.45. The van der Waals surface area contributed by atoms with Crippen LogP contribution >= 0.6 is 23.4 Å². The number of rotatable bonds is 6. The summed E-state index contributed by atoms with van der Waals surface area (Å²) >= 11 is 7.50. The molecule has 0 aliphatic carbocycles. The first-order chi connectivity index (χ1) is 8.39. The Bertz CT molecular complexity index is 506. The van der Waals surface area contributed by atoms with E-state index in [4.69, 9.17) is 17.3 Å². The standard InChI is InChI=1S/C11H17ClN2O2S2/c1-14(6-3-7-17-2)18(15,16)11-8-9(12)4-5-10(11)13/h4-5,8H,3,6-7,13H2,1-2H3. The van der Waals surface area contributed by atoms with E-state index in [0.717, 1.165) is 12.2 Å². The third kappa shape index (κ3) is 3.78. The van der Waals surface area contributed by atoms with Gasteiger partial charge in [-0.3, -0.25) is 0 Å². The molecular weight excluding hydrogens is 292 g/mol. The van der Waals surface area contributed by atoms with Crippen molar-refractivity contribution in [3.8, 4) is 0 Å². The van der Waals surface area contributed by atoms with Crippen LogP contribution in [0.4, 0.5) is 5.69 Å². The van der Waals surface area contributed by atoms with E-state index in [2.05, 4.69) is 0 Å². The first-order valence-electron chi connectivity index (χ1n) is 5.40. The highest BCUT2D eigenvalue weighted by Gasteiger charge is 2.23. The predicted octanol–water partition coefficient (Wildman–Crippen LogP) is 2.30. The maximum atomic E-state index is 12.3. The Morgan fingerprint density at radius 3 is 2.72 bits per heavy atom. The third-order valence-corrected chi connectivity index (χ3v) is 5.33. The summed E-state index contributed by atoms with van der Waals surface area (Å²) in [5.41, 5.74) is 5.92. The normalized spacial score (nSPS) is 12.0. The second-order valence-corrected chi connectivity index (χ2v) is 7.29. The fraction of sp³-hybridized carbons (Fsp3) is 0.455. The quantitative estimate of drug-likeness (QED) is 0.647. The molecule has 0 radical (unpaired) electrons. The number of halogens is 1. The van der Waals surface area contributed by atoms with Crippen LogP contribution in [0.2, 0.25) is 5.02 Å². The number of benzene rings is 1. The van der Waals surface area contributed by atoms with Crippen molar-refractivity contribution in [2.75, 3.05) is 31.3 Å². The first-order valence-corrected chi connectivity index (χ1v) is 8.61. The van der Waals surface area contributed by atoms with Gasteiger partial charge in [-0.15, -0.1) is 0 Å². The van der Waals surface area contributed by atoms with E-state index >= 15 is 0 Å². The van der Waals surface area contributed by atoms with Crippen molar-refractivity contribution in [1.82, 2.24) is 4.31 Å². The van der Waals surface area contributed by atoms with Crippen LogP contribution in [0, 0.1) is 0 Å². The number of hydrogen-bond donors (Lipinski definition) is 1. The van der Waals surface area contributed by atoms with Crippen molar-refractivity contribution in [1.29, 1.82) is 0 Å². The van der Waals surface area contributed by atoms with Gasteiger partial charge in [0, 0.05) is 18.6 Å². The lowest BCUT2D eigenvalue weighted by Crippen LogP contribution is -2.29. The molecule has 0 aliphatic heterocycles. The molecular formula is C11H17ClN2O2S2. The molecule has 0 bridgehead atoms. The molecule has 1 aromatic carbocycles. The topological polar surface area (TPSA) is 63.4 Å². The summed E-state index contributed by atoms with van der Waals surface area (Å²) in [5, 5.41) is 0.361. The molecule has 7 heteroatoms. The van der Waals surface area contributed by atoms with E-state index in [1.54, 1.807) is 24.9 Å². The summed E-state index contributed by atoms with van der Waals surface area (Å²) < 4.78 is 25.9. The monoisotopic (exact) mass is 308 g/mol. The maximum absolute atomic E-state index is 12.3. The van der Waals surface area contributed by atoms with Crippen molar-refractivity contribution in [2.24, 2.45) is 0 Å². The van der Waals surface area contributed by atoms with Gasteiger partial charge in [-0.25, -0.2) is 12.7 Å². The van der Waals surface area contributed by atoms with Crippen molar-refractivity contribution < 1.29 is 8.42 Å². The van der Waals surface area contributed by atoms with E-state index in [9.17, 15) is 8.42 Å². The lowest BCUT2D eigenvalue weighted by molar-refractivity contribution is 0.470. The summed E-state index contributed by atoms with van der Waals surface area (Å²) in [6.07, 6.45) is 2.79. The molecule has 2 N–H and O–H groups in total. The molecule has 0 spiro atoms. The lowest BCUT2D eigenvalue weighted by atomic mass is 10.3. The van der Waals surface area contributed by atoms with Crippen LogP contribution < -0.4 is 5.73 Å². The highest BCUT2D eigenvalue weighted by Crippen LogP contribution is 2.25. The molecule has 4 nitrogen and oxygen atoms in total. The Morgan fingerprint density at radius 1 is 1.44 bits per heavy atom. The van der Waals surface area contributed by atoms with Crippen LogP contribution in [0.3, 0.4) is 0 Å². The minimum atomic E-state index is -3.56. The number of nitrogen functional groups attached to an aromatic ring is 1. The highest BCUT2D eigenvalue weighted by molar-refractivity contribution is 7.98. The van der Waals surface area contributed by atoms with Crippen LogP contribution in [0.1, 0.15) is 6.42 Å². The van der Waals surface area contributed by atoms with Crippen molar-refractivity contribution in [2.45, 2.75) is 11.3 Å². The Labute approximate surface area is 118 Å². The zero-order chi connectivity index (χ0) is 13.8. The van der Waals surface area contributed by atoms with Crippen LogP contribution in [-0.4, -0.2) is 38.3 Å². The largest absolute Gasteiger partial charge is 0.398 e. The summed E-state index contributed by atoms with van der Waals surface area (Å²) in [6.45, 7) is 0.467. The second kappa shape index (κ2) is 6.65. The molecule has 0 heterocycles. The molecule has 1 aromatic rings. The average Bonchev–Trinajstić information content (AvgIpc) is 2.32. The van der Waals surface area contributed by atoms with Gasteiger partial charge in [0.2, 0.25) is 10.0 Å². The highest BCUT2D eigenvalue weighted by atomic mass is 35.5. The Hall–Kier alpha value is -0.430. The average molecular weight is 309 g/mol. The molecule has 0 saturated carbocycles. The zero-order valence-electron chi connectivity index (χ0n) is 10.4. The third-order valence-electron chi connectivity index (χ3n) is 2.49. The molecule has 102 valence electrons. The van der Waals surface area contributed by atoms with Crippen LogP contribution in [0.5, 0.6) is 0 Å². The van der Waals surface area contributed by atoms with Crippen LogP contribution in [0.15, 0.2) is 23.1 Å². The fourth-order valence-electron chi connectivity index (χ4n) is 1.45. The second-order valence-electron chi connectivity index (χ2n) is 3.86. The molecule has 0 unspecified atom stereocenters. The Kier molecular flexibility index (Phi) is 5.78. The van der Waals surface area contributed by atoms with Gasteiger partial charge in [0.15, 0.2) is 0 Å². The number of anilines is 1. The van der Waals surface area contributed by atoms with Crippen LogP contribution in [-0.2, 0) is 10.0 Å². The summed E-state index contributed by atoms with van der Waals surface area (Å²) in [6, 6.07) is 4.46. The van der Waals surface area contributed by atoms with Crippen molar-refractivity contribution in [3.63, 3.8) is 0 Å². The van der Waals surface area contributed by atoms with Crippen LogP contribution in [0.25, 0.3) is 0 Å². The number of sulfonamides is 1. The van der Waals surface area contributed by atoms with Gasteiger partial charge in [-0.1, -0.05) is 11.6 Å². The number of nitrogens with two attached hydrogens (primary N) is 1. The maximum Gasteiger partial charge on any atom is 0.244 e. The smallest absolute Gasteiger partial charge is 0.244 e. The molecule has 0 saturated heterocycles. The molecule has 0 atom stereocenters. The Morgan fingerprint density at radius 2 is 2.11 bits per heavy atom. The Balaban J connectivity index is 2.95. The number of hydrogen-bond acceptors (Lipinski definition) is 4. The van der Waals surface area contributed by atoms with Gasteiger partial charge in [0.1, 0.15) is 4.90 Å². The molecule has 1 rings (SSSR count). The van der Waals surface area contributed by atoms with Crippen molar-refractivity contribution >= 4 is 39.1 Å². The first kappa shape index (κ1) is 15.6. The minimum Gasteiger partial charge on any atom is -0.398 e. The van der Waals surface area contributed by atoms with Gasteiger partial charge in [0.05, 0.1) is 5.69 Å². The van der Waals surface area contributed by atoms with Gasteiger partial charge >= 0.3 is 0 Å². The molecule has 0 aliphatic rings. The van der Waals surface area contributed by atoms with E-state index in [0.29, 0.717) is 11.6 Å². The van der Waals surface area contributed by atoms with Crippen molar-refractivity contribution in [3.05, 3.63) is 23.2 Å². The zero-order valence-corrected chi connectivity index (χ0v) is 12.8. The summed E-state index contributed by atoms with van der Waals surface area (Å²) in [4.78, 5) is 0.0710. The van der Waals surface area contributed by atoms with E-state index in [1.807, 2.05) is 6.26 Å². The molecule has 0 aromatic heterocycles. The number of nitrogens with zero attached hydrogens (tertiary/aromatic N) is 1. The van der Waals surface area contributed by atoms with Gasteiger partial charge in [-0.2, -0.15) is 11.8 Å². The van der Waals surface area contributed by atoms with Gasteiger partial charge < -0.3 is 5.73 Å². The lowest BCUT2D eigenvalue weighted by Gasteiger charge is -2.18. The molecule has 0 amide bonds. The van der Waals surface area contributed by atoms with E-state index in [1.165, 1.54) is 16.4 Å². The van der Waals surface area contributed by atoms with Gasteiger partial charge in [-0.05, 0) is 36.6 Å². The minimum absolute atomic E-state index is 0.0710. The van der Waals surface area contributed by atoms with Gasteiger partial charge in [0.25, 0.3) is 0 Å². The van der Waals surface area contributed by atoms with E-state index < -0.39 is 10.0 Å².